The summed E-state index contributed by atoms with van der Waals surface area (Å²) in [5, 5.41) is 34.5. The first-order valence-electron chi connectivity index (χ1n) is 21.0. The monoisotopic (exact) mass is 791 g/mol. The van der Waals surface area contributed by atoms with E-state index in [-0.39, 0.29) is 30.1 Å². The van der Waals surface area contributed by atoms with E-state index in [0.29, 0.717) is 69.8 Å². The summed E-state index contributed by atoms with van der Waals surface area (Å²) in [6, 6.07) is -1.00. The summed E-state index contributed by atoms with van der Waals surface area (Å²) in [4.78, 5) is 44.1. The fraction of sp³-hybridized carbons (Fsp3) is 0.837. The molecule has 2 unspecified atom stereocenters. The van der Waals surface area contributed by atoms with Gasteiger partial charge in [0.25, 0.3) is 5.91 Å². The van der Waals surface area contributed by atoms with Crippen molar-refractivity contribution < 1.29 is 58.1 Å². The molecule has 5 aliphatic rings. The zero-order valence-electron chi connectivity index (χ0n) is 35.1. The van der Waals surface area contributed by atoms with Crippen LogP contribution < -0.4 is 0 Å². The highest BCUT2D eigenvalue weighted by atomic mass is 16.7. The summed E-state index contributed by atoms with van der Waals surface area (Å²) >= 11 is 0. The maximum Gasteiger partial charge on any atom is 0.329 e. The highest BCUT2D eigenvalue weighted by molar-refractivity contribution is 5.89. The Labute approximate surface area is 333 Å². The van der Waals surface area contributed by atoms with Gasteiger partial charge < -0.3 is 48.6 Å². The molecule has 13 heteroatoms. The van der Waals surface area contributed by atoms with E-state index in [2.05, 4.69) is 6.92 Å². The van der Waals surface area contributed by atoms with Gasteiger partial charge in [0.2, 0.25) is 5.79 Å². The molecule has 0 aromatic heterocycles. The van der Waals surface area contributed by atoms with Crippen molar-refractivity contribution in [2.24, 2.45) is 29.6 Å². The Morgan fingerprint density at radius 3 is 2.27 bits per heavy atom. The molecule has 5 rings (SSSR count). The largest absolute Gasteiger partial charge is 0.456 e. The molecule has 4 heterocycles. The number of Topliss-reactive ketones (excluding diaryl/α,β-unsaturated/α-hetero) is 1. The van der Waals surface area contributed by atoms with E-state index >= 15 is 0 Å². The van der Waals surface area contributed by atoms with Gasteiger partial charge in [0.1, 0.15) is 30.3 Å². The van der Waals surface area contributed by atoms with Crippen molar-refractivity contribution in [1.82, 2.24) is 4.90 Å². The first-order chi connectivity index (χ1) is 26.6. The van der Waals surface area contributed by atoms with Gasteiger partial charge in [-0.15, -0.1) is 0 Å². The Morgan fingerprint density at radius 1 is 0.929 bits per heavy atom. The second-order valence-corrected chi connectivity index (χ2v) is 17.5. The van der Waals surface area contributed by atoms with Crippen molar-refractivity contribution in [3.05, 3.63) is 23.3 Å². The summed E-state index contributed by atoms with van der Waals surface area (Å²) in [6.07, 6.45) is 2.58. The fourth-order valence-corrected chi connectivity index (χ4v) is 10.0. The van der Waals surface area contributed by atoms with Crippen LogP contribution in [-0.4, -0.2) is 126 Å². The van der Waals surface area contributed by atoms with Crippen LogP contribution in [0.1, 0.15) is 112 Å². The number of aliphatic hydroxyl groups is 3. The van der Waals surface area contributed by atoms with Gasteiger partial charge in [0.15, 0.2) is 6.10 Å². The van der Waals surface area contributed by atoms with Gasteiger partial charge in [0, 0.05) is 45.5 Å². The molecule has 4 bridgehead atoms. The van der Waals surface area contributed by atoms with Crippen LogP contribution in [0.3, 0.4) is 0 Å². The topological polar surface area (TPSA) is 171 Å². The van der Waals surface area contributed by atoms with Crippen LogP contribution >= 0.6 is 0 Å². The minimum atomic E-state index is -2.03. The van der Waals surface area contributed by atoms with Crippen LogP contribution in [0, 0.1) is 29.6 Å². The molecule has 16 atom stereocenters. The summed E-state index contributed by atoms with van der Waals surface area (Å²) in [7, 11) is 4.78. The highest BCUT2D eigenvalue weighted by Gasteiger charge is 2.62. The van der Waals surface area contributed by atoms with E-state index < -0.39 is 90.4 Å². The zero-order valence-corrected chi connectivity index (χ0v) is 35.1. The number of carbonyl (C=O) groups excluding carboxylic acids is 3. The number of cyclic esters (lactones) is 1. The third-order valence-electron chi connectivity index (χ3n) is 13.4. The van der Waals surface area contributed by atoms with Gasteiger partial charge >= 0.3 is 5.97 Å². The minimum absolute atomic E-state index is 0.0315. The number of rotatable bonds is 6. The van der Waals surface area contributed by atoms with E-state index in [1.165, 1.54) is 4.90 Å². The van der Waals surface area contributed by atoms with Crippen molar-refractivity contribution in [1.29, 1.82) is 0 Å². The number of ether oxygens (including phenoxy) is 6. The van der Waals surface area contributed by atoms with E-state index in [1.807, 2.05) is 39.8 Å². The van der Waals surface area contributed by atoms with Crippen LogP contribution in [0.2, 0.25) is 0 Å². The van der Waals surface area contributed by atoms with Crippen molar-refractivity contribution in [3.8, 4) is 0 Å². The second-order valence-electron chi connectivity index (χ2n) is 17.5. The molecule has 4 fully saturated rings. The number of allylic oxidation sites excluding steroid dienone is 3. The predicted octanol–water partition coefficient (Wildman–Crippen LogP) is 4.63. The van der Waals surface area contributed by atoms with Gasteiger partial charge in [-0.3, -0.25) is 9.59 Å². The molecule has 0 aromatic rings. The van der Waals surface area contributed by atoms with Crippen molar-refractivity contribution in [2.45, 2.75) is 179 Å². The van der Waals surface area contributed by atoms with Crippen molar-refractivity contribution in [3.63, 3.8) is 0 Å². The van der Waals surface area contributed by atoms with Gasteiger partial charge in [-0.1, -0.05) is 45.4 Å². The number of hydrogen-bond donors (Lipinski definition) is 3. The smallest absolute Gasteiger partial charge is 0.329 e. The lowest BCUT2D eigenvalue weighted by atomic mass is 9.81. The number of methoxy groups -OCH3 is 3. The van der Waals surface area contributed by atoms with Crippen LogP contribution in [0.15, 0.2) is 23.3 Å². The fourth-order valence-electron chi connectivity index (χ4n) is 10.0. The van der Waals surface area contributed by atoms with Crippen LogP contribution in [0.25, 0.3) is 0 Å². The molecule has 3 saturated heterocycles. The number of aliphatic hydroxyl groups excluding tert-OH is 2. The lowest BCUT2D eigenvalue weighted by molar-refractivity contribution is -0.349. The minimum Gasteiger partial charge on any atom is -0.456 e. The summed E-state index contributed by atoms with van der Waals surface area (Å²) < 4.78 is 36.7. The highest BCUT2D eigenvalue weighted by Crippen LogP contribution is 2.45. The quantitative estimate of drug-likeness (QED) is 0.252. The number of hydrogen-bond acceptors (Lipinski definition) is 12. The third kappa shape index (κ3) is 9.62. The first-order valence-corrected chi connectivity index (χ1v) is 21.0. The number of piperidine rings is 1. The maximum atomic E-state index is 14.5. The third-order valence-corrected chi connectivity index (χ3v) is 13.4. The predicted molar refractivity (Wildman–Crippen MR) is 207 cm³/mol. The molecule has 1 saturated carbocycles. The molecule has 318 valence electrons. The Kier molecular flexibility index (Phi) is 15.4. The Morgan fingerprint density at radius 2 is 1.61 bits per heavy atom. The van der Waals surface area contributed by atoms with Crippen LogP contribution in [0.4, 0.5) is 0 Å². The van der Waals surface area contributed by atoms with E-state index in [0.717, 1.165) is 5.57 Å². The molecule has 4 aliphatic heterocycles. The number of nitrogens with zero attached hydrogens (tertiary/aromatic N) is 1. The molecule has 0 spiro atoms. The zero-order chi connectivity index (χ0) is 41.1. The number of ketones is 1. The average molecular weight is 792 g/mol. The molecule has 13 nitrogen and oxygen atoms in total. The first kappa shape index (κ1) is 44.9. The second kappa shape index (κ2) is 19.2. The maximum absolute atomic E-state index is 14.5. The van der Waals surface area contributed by atoms with Gasteiger partial charge in [0.05, 0.1) is 30.5 Å². The van der Waals surface area contributed by atoms with Crippen LogP contribution in [-0.2, 0) is 42.8 Å². The molecule has 56 heavy (non-hydrogen) atoms. The van der Waals surface area contributed by atoms with Crippen molar-refractivity contribution in [2.75, 3.05) is 21.3 Å². The van der Waals surface area contributed by atoms with E-state index in [4.69, 9.17) is 28.4 Å². The molecular weight excluding hydrogens is 722 g/mol. The normalized spacial score (nSPS) is 43.8. The summed E-state index contributed by atoms with van der Waals surface area (Å²) in [5.74, 6) is -4.82. The molecule has 1 aliphatic carbocycles. The number of fused-ring (bicyclic) bond motifs is 4. The van der Waals surface area contributed by atoms with Gasteiger partial charge in [-0.2, -0.15) is 0 Å². The Balaban J connectivity index is 1.53. The Hall–Kier alpha value is -2.23. The van der Waals surface area contributed by atoms with E-state index in [9.17, 15) is 29.7 Å². The van der Waals surface area contributed by atoms with Crippen molar-refractivity contribution >= 4 is 17.7 Å². The Bertz CT molecular complexity index is 1430. The standard InChI is InChI=1S/C43H69NO12/c1-10-29-17-23(2)16-24(3)18-35(52-8)39-36(53-9)20-26(5)43(50,56-39)40-41(48)44-30(12-11-13-37(44)54-40)42(49)55-38(27(6)32(46)22-33(29)47)25(4)19-28-14-15-31(45)34(21-28)51-7/h17,19,24,26-32,34-40,45-46,50H,10-16,18,20-22H2,1-9H3/b23-17?,25-19+/t24-,26+,27+,28-,29+,30-,31+,32-,34+,35?,36-,37+,38+,39+,40?,43+/m0/s1. The number of esters is 1. The molecule has 1 amide bonds. The summed E-state index contributed by atoms with van der Waals surface area (Å²) in [6.45, 7) is 11.5. The lowest BCUT2D eigenvalue weighted by Crippen LogP contribution is -2.64. The molecule has 0 radical (unpaired) electrons. The van der Waals surface area contributed by atoms with Gasteiger partial charge in [-0.05, 0) is 95.5 Å². The van der Waals surface area contributed by atoms with Gasteiger partial charge in [-0.25, -0.2) is 4.79 Å². The number of carbonyl (C=O) groups is 3. The summed E-state index contributed by atoms with van der Waals surface area (Å²) in [5.41, 5.74) is 1.75. The SMILES string of the molecule is CC[C@@H]1C=C(C)C[C@H](C)CC(OC)[C@H]2O[C@@](O)(C3O[C@@H]4CCC[C@@H](C(=O)O[C@H](/C(C)=C/[C@@H]5CC[C@@H](O)[C@H](OC)C5)[C@H](C)[C@@H](O)CC1=O)N4C3=O)[C@H](C)C[C@@H]2OC. The average Bonchev–Trinajstić information content (AvgIpc) is 3.52. The lowest BCUT2D eigenvalue weighted by Gasteiger charge is -2.48. The molecular formula is C43H69NO12. The molecule has 3 N–H and O–H groups in total. The van der Waals surface area contributed by atoms with E-state index in [1.54, 1.807) is 28.3 Å². The van der Waals surface area contributed by atoms with Crippen LogP contribution in [0.5, 0.6) is 0 Å². The number of amides is 1. The molecule has 0 aromatic carbocycles.